The fraction of sp³-hybridized carbons (Fsp3) is 0.855. The van der Waals surface area contributed by atoms with Crippen molar-refractivity contribution in [3.63, 3.8) is 0 Å². The molecule has 6 saturated heterocycles. The molecular weight excluding hydrogens is 1590 g/mol. The summed E-state index contributed by atoms with van der Waals surface area (Å²) in [6.45, 7) is 15.4. The second-order valence-corrected chi connectivity index (χ2v) is 32.4. The number of aliphatic hydroxyl groups excluding tert-OH is 4. The van der Waals surface area contributed by atoms with E-state index in [2.05, 4.69) is 42.5 Å². The summed E-state index contributed by atoms with van der Waals surface area (Å²) in [5, 5.41) is 64.5. The molecule has 6 heterocycles. The number of amides is 9. The monoisotopic (exact) mass is 1730 g/mol. The van der Waals surface area contributed by atoms with Crippen LogP contribution in [0.2, 0.25) is 0 Å². The van der Waals surface area contributed by atoms with E-state index in [1.54, 1.807) is 6.92 Å². The van der Waals surface area contributed by atoms with Gasteiger partial charge in [-0.1, -0.05) is 40.5 Å². The number of nitrogens with one attached hydrogen (secondary N) is 8. The van der Waals surface area contributed by atoms with Gasteiger partial charge in [-0.2, -0.15) is 0 Å². The molecule has 38 heteroatoms. The number of unbranched alkanes of at least 4 members (excludes halogenated alkanes) is 6. The molecule has 6 fully saturated rings. The van der Waals surface area contributed by atoms with E-state index in [0.29, 0.717) is 148 Å². The number of Topliss-reactive ketones (excluding diaryl/α,β-unsaturated/α-hetero) is 1. The van der Waals surface area contributed by atoms with Crippen molar-refractivity contribution in [2.45, 2.75) is 288 Å². The van der Waals surface area contributed by atoms with Gasteiger partial charge in [0, 0.05) is 167 Å². The van der Waals surface area contributed by atoms with Crippen LogP contribution in [0.1, 0.15) is 190 Å². The van der Waals surface area contributed by atoms with Gasteiger partial charge >= 0.3 is 0 Å². The highest BCUT2D eigenvalue weighted by Crippen LogP contribution is 2.36. The lowest BCUT2D eigenvalue weighted by Gasteiger charge is -2.48. The van der Waals surface area contributed by atoms with E-state index in [9.17, 15) is 68.4 Å². The van der Waals surface area contributed by atoms with E-state index in [-0.39, 0.29) is 238 Å². The number of hydrogen-bond donors (Lipinski definition) is 12. The first-order chi connectivity index (χ1) is 58.2. The van der Waals surface area contributed by atoms with Crippen molar-refractivity contribution in [1.82, 2.24) is 47.4 Å². The third-order valence-electron chi connectivity index (χ3n) is 21.7. The van der Waals surface area contributed by atoms with E-state index in [1.165, 1.54) is 32.1 Å². The second kappa shape index (κ2) is 58.2. The number of aliphatic hydroxyl groups is 4. The van der Waals surface area contributed by atoms with Crippen LogP contribution in [0.4, 0.5) is 0 Å². The molecule has 0 aromatic heterocycles. The maximum atomic E-state index is 14.1. The van der Waals surface area contributed by atoms with Crippen LogP contribution in [-0.4, -0.2) is 334 Å². The number of fused-ring (bicyclic) bond motifs is 2. The zero-order chi connectivity index (χ0) is 87.9. The van der Waals surface area contributed by atoms with E-state index < -0.39 is 73.0 Å². The third kappa shape index (κ3) is 38.7. The number of ether oxygens (including phenoxy) is 15. The highest BCUT2D eigenvalue weighted by molar-refractivity contribution is 5.93. The van der Waals surface area contributed by atoms with Gasteiger partial charge in [0.2, 0.25) is 53.2 Å². The molecule has 38 nitrogen and oxygen atoms in total. The van der Waals surface area contributed by atoms with Gasteiger partial charge in [-0.3, -0.25) is 52.8 Å². The molecule has 0 aromatic carbocycles. The van der Waals surface area contributed by atoms with Crippen molar-refractivity contribution >= 4 is 58.9 Å². The number of rotatable bonds is 67. The van der Waals surface area contributed by atoms with Crippen LogP contribution >= 0.6 is 0 Å². The highest BCUT2D eigenvalue weighted by Gasteiger charge is 2.52. The van der Waals surface area contributed by atoms with Crippen LogP contribution in [0.3, 0.4) is 0 Å². The lowest BCUT2D eigenvalue weighted by atomic mass is 9.90. The van der Waals surface area contributed by atoms with E-state index in [1.807, 2.05) is 27.7 Å². The summed E-state index contributed by atoms with van der Waals surface area (Å²) in [4.78, 5) is 131. The number of hydrogen-bond acceptors (Lipinski definition) is 29. The zero-order valence-corrected chi connectivity index (χ0v) is 72.5. The minimum atomic E-state index is -1.47. The van der Waals surface area contributed by atoms with Crippen molar-refractivity contribution in [1.29, 1.82) is 0 Å². The van der Waals surface area contributed by atoms with Crippen LogP contribution in [0.5, 0.6) is 0 Å². The van der Waals surface area contributed by atoms with Crippen molar-refractivity contribution in [3.8, 4) is 0 Å². The number of allylic oxidation sites excluding steroid dienone is 1. The fourth-order valence-corrected chi connectivity index (χ4v) is 13.9. The Kier molecular flexibility index (Phi) is 49.9. The highest BCUT2D eigenvalue weighted by atomic mass is 16.7. The number of nitrogens with zero attached hydrogens (tertiary/aromatic N) is 1. The number of carbonyl (C=O) groups excluding carboxylic acids is 10. The molecule has 694 valence electrons. The Labute approximate surface area is 712 Å². The Bertz CT molecular complexity index is 3020. The van der Waals surface area contributed by atoms with Crippen molar-refractivity contribution in [2.24, 2.45) is 17.8 Å². The van der Waals surface area contributed by atoms with Crippen LogP contribution in [0, 0.1) is 17.8 Å². The number of carbonyl (C=O) groups is 10. The molecule has 0 bridgehead atoms. The van der Waals surface area contributed by atoms with Crippen molar-refractivity contribution < 1.29 is 139 Å². The van der Waals surface area contributed by atoms with Crippen molar-refractivity contribution in [2.75, 3.05) is 152 Å². The predicted molar refractivity (Wildman–Crippen MR) is 435 cm³/mol. The van der Waals surface area contributed by atoms with E-state index in [0.717, 1.165) is 6.42 Å². The summed E-state index contributed by atoms with van der Waals surface area (Å²) in [5.41, 5.74) is -1.15. The molecule has 7 unspecified atom stereocenters. The summed E-state index contributed by atoms with van der Waals surface area (Å²) in [6, 6.07) is 0. The SMILES string of the molecule is COC[C@H]1OC(N(/C=C(/C)C(C)=O)C(C)=O)[C@H](OCCCCCCNC(=O)CCCC(=O)NC(COCCC(=O)NCCCNC(=O)CCCCO[C@H](OC2CO[C@@H]2CO)C(C)C)(COCCC(=O)NCCCNC(=O)CCCCO[C@@H]2OC3CO[C@@H]3[C@H](O)C2C)COCCC(=O)NCCCNC(=O)CCCCO[C@@H]2OC3CO[C@@H]3C(O)[C@@H]2C)[C@@H]1O. The largest absolute Gasteiger partial charge is 0.394 e. The van der Waals surface area contributed by atoms with Gasteiger partial charge in [0.1, 0.15) is 60.5 Å². The van der Waals surface area contributed by atoms with Gasteiger partial charge in [0.25, 0.3) is 0 Å². The molecule has 0 spiro atoms. The van der Waals surface area contributed by atoms with Crippen LogP contribution < -0.4 is 42.5 Å². The van der Waals surface area contributed by atoms with Gasteiger partial charge in [0.15, 0.2) is 30.9 Å². The lowest BCUT2D eigenvalue weighted by Crippen LogP contribution is -2.63. The van der Waals surface area contributed by atoms with Gasteiger partial charge in [0.05, 0.1) is 84.9 Å². The van der Waals surface area contributed by atoms with Gasteiger partial charge in [-0.15, -0.1) is 0 Å². The van der Waals surface area contributed by atoms with E-state index >= 15 is 0 Å². The van der Waals surface area contributed by atoms with Gasteiger partial charge in [-0.25, -0.2) is 0 Å². The smallest absolute Gasteiger partial charge is 0.225 e. The Morgan fingerprint density at radius 2 is 0.876 bits per heavy atom. The molecule has 6 aliphatic rings. The summed E-state index contributed by atoms with van der Waals surface area (Å²) >= 11 is 0. The topological polar surface area (TPSA) is 490 Å². The standard InChI is InChI=1S/C83H143N9O29/c1-54(2)80(119-61-48-115-60(61)46-93)112-39-16-11-23-65(96)85-32-20-35-88-69(100)28-42-108-51-83(52-109-43-29-70(101)89-36-21-33-86-66(97)24-12-17-40-113-81-56(4)73(104)76-63(120-81)49-116-76,53-110-44-30-71(102)90-37-22-34-87-67(98)25-13-18-41-114-82-57(5)74(105)77-64(121-82)50-117-77)91-72(103)27-19-26-68(99)84-31-14-9-10-15-38-111-78-75(106)62(47-107-8)118-79(78)92(59(7)95)45-55(3)58(6)94/h45,54,56-57,60-64,73-82,93,104-106H,9-44,46-53H2,1-8H3,(H,84,99)(H,85,96)(H,86,97)(H,87,98)(H,88,100)(H,89,101)(H,90,102)(H,91,103)/b55-45-/t56-,57?,60+,61?,62+,63?,64?,73?,74+,75+,76-,77-,78+,79?,80+,81+,82+,83?/m0/s1. The first kappa shape index (κ1) is 104. The van der Waals surface area contributed by atoms with Gasteiger partial charge in [-0.05, 0) is 90.9 Å². The second-order valence-electron chi connectivity index (χ2n) is 32.4. The maximum absolute atomic E-state index is 14.1. The van der Waals surface area contributed by atoms with Gasteiger partial charge < -0.3 is 134 Å². The predicted octanol–water partition coefficient (Wildman–Crippen LogP) is 0.795. The lowest BCUT2D eigenvalue weighted by molar-refractivity contribution is -0.337. The average molecular weight is 1730 g/mol. The minimum absolute atomic E-state index is 0.00380. The van der Waals surface area contributed by atoms with Crippen LogP contribution in [0.15, 0.2) is 11.8 Å². The fourth-order valence-electron chi connectivity index (χ4n) is 13.9. The first-order valence-corrected chi connectivity index (χ1v) is 43.7. The molecule has 0 saturated carbocycles. The molecule has 121 heavy (non-hydrogen) atoms. The molecule has 18 atom stereocenters. The Morgan fingerprint density at radius 3 is 1.28 bits per heavy atom. The molecule has 0 aliphatic carbocycles. The normalized spacial score (nSPS) is 25.5. The third-order valence-corrected chi connectivity index (χ3v) is 21.7. The first-order valence-electron chi connectivity index (χ1n) is 43.7. The molecule has 9 amide bonds. The number of methoxy groups -OCH3 is 1. The summed E-state index contributed by atoms with van der Waals surface area (Å²) in [6.07, 6.45) is 1.21. The Balaban J connectivity index is 0.963. The molecule has 6 aliphatic heterocycles. The quantitative estimate of drug-likeness (QED) is 0.0228. The molecular formula is C83H143N9O29. The molecule has 6 rings (SSSR count). The number of ketones is 1. The minimum Gasteiger partial charge on any atom is -0.394 e. The Morgan fingerprint density at radius 1 is 0.463 bits per heavy atom. The van der Waals surface area contributed by atoms with Crippen molar-refractivity contribution in [3.05, 3.63) is 11.8 Å². The zero-order valence-electron chi connectivity index (χ0n) is 72.5. The Hall–Kier alpha value is -6.12. The molecule has 12 N–H and O–H groups in total. The van der Waals surface area contributed by atoms with Crippen LogP contribution in [-0.2, 0) is 119 Å². The van der Waals surface area contributed by atoms with E-state index in [4.69, 9.17) is 71.1 Å². The summed E-state index contributed by atoms with van der Waals surface area (Å²) in [7, 11) is 1.46. The van der Waals surface area contributed by atoms with Crippen LogP contribution in [0.25, 0.3) is 0 Å². The molecule has 0 aromatic rings. The summed E-state index contributed by atoms with van der Waals surface area (Å²) in [5.74, 6) is -3.32. The average Bonchev–Trinajstić information content (AvgIpc) is 1.20. The maximum Gasteiger partial charge on any atom is 0.225 e. The molecule has 0 radical (unpaired) electrons. The summed E-state index contributed by atoms with van der Waals surface area (Å²) < 4.78 is 87.4.